The van der Waals surface area contributed by atoms with E-state index in [4.69, 9.17) is 13.6 Å². The quantitative estimate of drug-likeness (QED) is 0.725. The number of furan rings is 2. The number of benzene rings is 1. The SMILES string of the molecule is COc1ccc2c(CC(=O)N(C)Cc3ccco3)coc2c1. The lowest BCUT2D eigenvalue weighted by Gasteiger charge is -2.15. The third kappa shape index (κ3) is 2.83. The predicted octanol–water partition coefficient (Wildman–Crippen LogP) is 3.24. The maximum Gasteiger partial charge on any atom is 0.227 e. The highest BCUT2D eigenvalue weighted by Crippen LogP contribution is 2.26. The second kappa shape index (κ2) is 5.97. The van der Waals surface area contributed by atoms with E-state index in [1.54, 1.807) is 31.6 Å². The molecule has 0 atom stereocenters. The van der Waals surface area contributed by atoms with Gasteiger partial charge in [0.25, 0.3) is 0 Å². The molecule has 114 valence electrons. The summed E-state index contributed by atoms with van der Waals surface area (Å²) in [6.45, 7) is 0.454. The molecule has 0 spiro atoms. The van der Waals surface area contributed by atoms with Crippen molar-refractivity contribution in [3.8, 4) is 5.75 Å². The van der Waals surface area contributed by atoms with E-state index < -0.39 is 0 Å². The summed E-state index contributed by atoms with van der Waals surface area (Å²) in [5, 5.41) is 0.931. The molecular formula is C17H17NO4. The number of methoxy groups -OCH3 is 1. The van der Waals surface area contributed by atoms with E-state index in [-0.39, 0.29) is 12.3 Å². The van der Waals surface area contributed by atoms with E-state index in [0.717, 1.165) is 28.0 Å². The topological polar surface area (TPSA) is 55.8 Å². The minimum absolute atomic E-state index is 0.00918. The van der Waals surface area contributed by atoms with Crippen molar-refractivity contribution in [1.29, 1.82) is 0 Å². The van der Waals surface area contributed by atoms with Crippen LogP contribution >= 0.6 is 0 Å². The van der Waals surface area contributed by atoms with Crippen molar-refractivity contribution in [3.63, 3.8) is 0 Å². The molecule has 0 saturated heterocycles. The Morgan fingerprint density at radius 2 is 2.14 bits per heavy atom. The van der Waals surface area contributed by atoms with Crippen molar-refractivity contribution in [1.82, 2.24) is 4.90 Å². The van der Waals surface area contributed by atoms with Crippen molar-refractivity contribution in [3.05, 3.63) is 54.2 Å². The smallest absolute Gasteiger partial charge is 0.227 e. The van der Waals surface area contributed by atoms with E-state index in [0.29, 0.717) is 6.54 Å². The van der Waals surface area contributed by atoms with Crippen molar-refractivity contribution in [2.45, 2.75) is 13.0 Å². The van der Waals surface area contributed by atoms with Crippen molar-refractivity contribution < 1.29 is 18.4 Å². The summed E-state index contributed by atoms with van der Waals surface area (Å²) in [6.07, 6.45) is 3.52. The molecule has 0 aliphatic heterocycles. The van der Waals surface area contributed by atoms with Crippen LogP contribution in [0.1, 0.15) is 11.3 Å². The van der Waals surface area contributed by atoms with Crippen molar-refractivity contribution in [2.75, 3.05) is 14.2 Å². The molecular weight excluding hydrogens is 282 g/mol. The zero-order valence-electron chi connectivity index (χ0n) is 12.5. The molecule has 1 amide bonds. The van der Waals surface area contributed by atoms with E-state index in [2.05, 4.69) is 0 Å². The van der Waals surface area contributed by atoms with Crippen LogP contribution in [0.4, 0.5) is 0 Å². The van der Waals surface area contributed by atoms with E-state index in [9.17, 15) is 4.79 Å². The normalized spacial score (nSPS) is 10.8. The first kappa shape index (κ1) is 14.3. The molecule has 0 saturated carbocycles. The van der Waals surface area contributed by atoms with E-state index in [1.165, 1.54) is 0 Å². The highest BCUT2D eigenvalue weighted by molar-refractivity contribution is 5.88. The molecule has 2 aromatic heterocycles. The molecule has 3 aromatic rings. The second-order valence-electron chi connectivity index (χ2n) is 5.13. The summed E-state index contributed by atoms with van der Waals surface area (Å²) >= 11 is 0. The molecule has 0 aliphatic carbocycles. The fourth-order valence-electron chi connectivity index (χ4n) is 2.35. The lowest BCUT2D eigenvalue weighted by atomic mass is 10.1. The molecule has 0 unspecified atom stereocenters. The van der Waals surface area contributed by atoms with Crippen molar-refractivity contribution in [2.24, 2.45) is 0 Å². The van der Waals surface area contributed by atoms with Gasteiger partial charge in [-0.15, -0.1) is 0 Å². The average Bonchev–Trinajstić information content (AvgIpc) is 3.16. The Morgan fingerprint density at radius 3 is 2.86 bits per heavy atom. The van der Waals surface area contributed by atoms with Gasteiger partial charge in [0.05, 0.1) is 32.6 Å². The summed E-state index contributed by atoms with van der Waals surface area (Å²) in [6, 6.07) is 9.25. The average molecular weight is 299 g/mol. The number of ether oxygens (including phenoxy) is 1. The Morgan fingerprint density at radius 1 is 1.27 bits per heavy atom. The highest BCUT2D eigenvalue weighted by Gasteiger charge is 2.15. The molecule has 3 rings (SSSR count). The van der Waals surface area contributed by atoms with Gasteiger partial charge in [0.2, 0.25) is 5.91 Å². The van der Waals surface area contributed by atoms with Gasteiger partial charge in [-0.2, -0.15) is 0 Å². The number of fused-ring (bicyclic) bond motifs is 1. The van der Waals surface area contributed by atoms with Crippen LogP contribution in [0.15, 0.2) is 51.7 Å². The van der Waals surface area contributed by atoms with Gasteiger partial charge in [0.1, 0.15) is 17.1 Å². The van der Waals surface area contributed by atoms with Crippen molar-refractivity contribution >= 4 is 16.9 Å². The van der Waals surface area contributed by atoms with Gasteiger partial charge in [-0.25, -0.2) is 0 Å². The molecule has 2 heterocycles. The van der Waals surface area contributed by atoms with Crippen LogP contribution in [0.3, 0.4) is 0 Å². The number of hydrogen-bond donors (Lipinski definition) is 0. The van der Waals surface area contributed by atoms with E-state index >= 15 is 0 Å². The van der Waals surface area contributed by atoms with Gasteiger partial charge >= 0.3 is 0 Å². The Bertz CT molecular complexity index is 773. The number of amides is 1. The molecule has 0 radical (unpaired) electrons. The third-order valence-electron chi connectivity index (χ3n) is 3.60. The summed E-state index contributed by atoms with van der Waals surface area (Å²) in [5.41, 5.74) is 1.59. The van der Waals surface area contributed by atoms with Gasteiger partial charge < -0.3 is 18.5 Å². The van der Waals surface area contributed by atoms with Crippen LogP contribution in [-0.2, 0) is 17.8 Å². The number of hydrogen-bond acceptors (Lipinski definition) is 4. The monoisotopic (exact) mass is 299 g/mol. The Balaban J connectivity index is 1.73. The maximum absolute atomic E-state index is 12.3. The Labute approximate surface area is 128 Å². The first-order valence-electron chi connectivity index (χ1n) is 6.98. The summed E-state index contributed by atoms with van der Waals surface area (Å²) in [7, 11) is 3.37. The summed E-state index contributed by atoms with van der Waals surface area (Å²) in [5.74, 6) is 1.50. The minimum atomic E-state index is 0.00918. The number of likely N-dealkylation sites (N-methyl/N-ethyl adjacent to an activating group) is 1. The lowest BCUT2D eigenvalue weighted by Crippen LogP contribution is -2.27. The fraction of sp³-hybridized carbons (Fsp3) is 0.235. The minimum Gasteiger partial charge on any atom is -0.497 e. The predicted molar refractivity (Wildman–Crippen MR) is 81.7 cm³/mol. The van der Waals surface area contributed by atoms with Crippen LogP contribution < -0.4 is 4.74 Å². The van der Waals surface area contributed by atoms with Gasteiger partial charge in [0.15, 0.2) is 0 Å². The Kier molecular flexibility index (Phi) is 3.87. The van der Waals surface area contributed by atoms with Crippen LogP contribution in [0.5, 0.6) is 5.75 Å². The zero-order chi connectivity index (χ0) is 15.5. The second-order valence-corrected chi connectivity index (χ2v) is 5.13. The lowest BCUT2D eigenvalue weighted by molar-refractivity contribution is -0.129. The van der Waals surface area contributed by atoms with Gasteiger partial charge in [0, 0.05) is 24.1 Å². The summed E-state index contributed by atoms with van der Waals surface area (Å²) < 4.78 is 15.9. The highest BCUT2D eigenvalue weighted by atomic mass is 16.5. The summed E-state index contributed by atoms with van der Waals surface area (Å²) in [4.78, 5) is 14.0. The van der Waals surface area contributed by atoms with Gasteiger partial charge in [-0.05, 0) is 24.3 Å². The molecule has 0 fully saturated rings. The molecule has 5 nitrogen and oxygen atoms in total. The molecule has 0 N–H and O–H groups in total. The molecule has 0 aliphatic rings. The molecule has 1 aromatic carbocycles. The van der Waals surface area contributed by atoms with Crippen LogP contribution in [0.25, 0.3) is 11.0 Å². The van der Waals surface area contributed by atoms with Crippen LogP contribution in [-0.4, -0.2) is 25.0 Å². The van der Waals surface area contributed by atoms with Gasteiger partial charge in [-0.1, -0.05) is 0 Å². The number of rotatable bonds is 5. The van der Waals surface area contributed by atoms with Gasteiger partial charge in [-0.3, -0.25) is 4.79 Å². The Hall–Kier alpha value is -2.69. The number of nitrogens with zero attached hydrogens (tertiary/aromatic N) is 1. The molecule has 0 bridgehead atoms. The zero-order valence-corrected chi connectivity index (χ0v) is 12.5. The van der Waals surface area contributed by atoms with Crippen LogP contribution in [0.2, 0.25) is 0 Å². The fourth-order valence-corrected chi connectivity index (χ4v) is 2.35. The number of carbonyl (C=O) groups excluding carboxylic acids is 1. The standard InChI is InChI=1S/C17H17NO4/c1-18(10-14-4-3-7-21-14)17(19)8-12-11-22-16-9-13(20-2)5-6-15(12)16/h3-7,9,11H,8,10H2,1-2H3. The largest absolute Gasteiger partial charge is 0.497 e. The number of carbonyl (C=O) groups is 1. The van der Waals surface area contributed by atoms with Crippen LogP contribution in [0, 0.1) is 0 Å². The first-order chi connectivity index (χ1) is 10.7. The first-order valence-corrected chi connectivity index (χ1v) is 6.98. The van der Waals surface area contributed by atoms with E-state index in [1.807, 2.05) is 30.3 Å². The molecule has 5 heteroatoms. The third-order valence-corrected chi connectivity index (χ3v) is 3.60. The maximum atomic E-state index is 12.3. The molecule has 22 heavy (non-hydrogen) atoms.